The van der Waals surface area contributed by atoms with Crippen LogP contribution in [0.1, 0.15) is 24.8 Å². The third-order valence-corrected chi connectivity index (χ3v) is 5.47. The summed E-state index contributed by atoms with van der Waals surface area (Å²) in [6.07, 6.45) is 1.37. The number of aromatic nitrogens is 1. The molecule has 3 atom stereocenters. The van der Waals surface area contributed by atoms with Gasteiger partial charge in [-0.3, -0.25) is 24.2 Å². The molecule has 38 heavy (non-hydrogen) atoms. The third-order valence-electron chi connectivity index (χ3n) is 5.47. The van der Waals surface area contributed by atoms with E-state index in [1.54, 1.807) is 12.3 Å². The van der Waals surface area contributed by atoms with Crippen LogP contribution in [0.15, 0.2) is 35.5 Å². The molecule has 1 heterocycles. The molecule has 206 valence electrons. The average molecular weight is 533 g/mol. The average Bonchev–Trinajstić information content (AvgIpc) is 3.26. The molecule has 1 aromatic heterocycles. The number of carboxylic acid groups (broad SMARTS) is 2. The fourth-order valence-corrected chi connectivity index (χ4v) is 3.59. The summed E-state index contributed by atoms with van der Waals surface area (Å²) in [6.45, 7) is -0.393. The lowest BCUT2D eigenvalue weighted by Crippen LogP contribution is -2.54. The minimum absolute atomic E-state index is 0.00550. The lowest BCUT2D eigenvalue weighted by atomic mass is 10.0. The summed E-state index contributed by atoms with van der Waals surface area (Å²) in [4.78, 5) is 66.9. The van der Waals surface area contributed by atoms with Crippen LogP contribution in [0.3, 0.4) is 0 Å². The molecule has 0 bridgehead atoms. The van der Waals surface area contributed by atoms with E-state index in [-0.39, 0.29) is 31.8 Å². The van der Waals surface area contributed by atoms with Gasteiger partial charge in [0.2, 0.25) is 17.7 Å². The van der Waals surface area contributed by atoms with Crippen LogP contribution in [0, 0.1) is 0 Å². The van der Waals surface area contributed by atoms with E-state index >= 15 is 0 Å². The molecule has 0 fully saturated rings. The summed E-state index contributed by atoms with van der Waals surface area (Å²) in [6, 6.07) is 3.44. The Morgan fingerprint density at radius 1 is 1.00 bits per heavy atom. The molecule has 0 aliphatic carbocycles. The Bertz CT molecular complexity index is 1190. The lowest BCUT2D eigenvalue weighted by molar-refractivity contribution is -0.142. The van der Waals surface area contributed by atoms with E-state index in [1.807, 2.05) is 18.2 Å². The molecule has 2 aromatic rings. The van der Waals surface area contributed by atoms with Crippen molar-refractivity contribution in [3.63, 3.8) is 0 Å². The molecular formula is C23H32N8O7. The first-order valence-electron chi connectivity index (χ1n) is 11.7. The summed E-state index contributed by atoms with van der Waals surface area (Å²) in [5, 5.41) is 26.2. The van der Waals surface area contributed by atoms with E-state index in [0.29, 0.717) is 5.56 Å². The number of benzene rings is 1. The number of aromatic amines is 1. The van der Waals surface area contributed by atoms with E-state index in [9.17, 15) is 29.1 Å². The number of H-pyrrole nitrogens is 1. The number of carbonyl (C=O) groups excluding carboxylic acids is 3. The topological polar surface area (TPSA) is 268 Å². The Morgan fingerprint density at radius 2 is 1.71 bits per heavy atom. The van der Waals surface area contributed by atoms with Crippen molar-refractivity contribution in [1.29, 1.82) is 0 Å². The molecule has 0 radical (unpaired) electrons. The predicted octanol–water partition coefficient (Wildman–Crippen LogP) is -2.26. The molecule has 12 N–H and O–H groups in total. The van der Waals surface area contributed by atoms with E-state index in [1.165, 1.54) is 0 Å². The van der Waals surface area contributed by atoms with Crippen molar-refractivity contribution in [2.75, 3.05) is 13.1 Å². The largest absolute Gasteiger partial charge is 0.481 e. The van der Waals surface area contributed by atoms with Crippen molar-refractivity contribution < 1.29 is 34.2 Å². The fourth-order valence-electron chi connectivity index (χ4n) is 3.59. The van der Waals surface area contributed by atoms with Gasteiger partial charge >= 0.3 is 11.9 Å². The van der Waals surface area contributed by atoms with Gasteiger partial charge in [0.05, 0.1) is 19.0 Å². The number of amides is 3. The van der Waals surface area contributed by atoms with Gasteiger partial charge in [0.1, 0.15) is 12.1 Å². The molecule has 3 amide bonds. The second-order valence-electron chi connectivity index (χ2n) is 8.45. The quantitative estimate of drug-likeness (QED) is 0.0674. The summed E-state index contributed by atoms with van der Waals surface area (Å²) < 4.78 is 0. The van der Waals surface area contributed by atoms with Crippen LogP contribution in [0.2, 0.25) is 0 Å². The number of fused-ring (bicyclic) bond motifs is 1. The minimum Gasteiger partial charge on any atom is -0.481 e. The summed E-state index contributed by atoms with van der Waals surface area (Å²) >= 11 is 0. The Morgan fingerprint density at radius 3 is 2.37 bits per heavy atom. The Labute approximate surface area is 217 Å². The minimum atomic E-state index is -1.40. The number of nitrogens with two attached hydrogens (primary N) is 3. The summed E-state index contributed by atoms with van der Waals surface area (Å²) in [5.41, 5.74) is 17.6. The van der Waals surface area contributed by atoms with E-state index in [4.69, 9.17) is 22.3 Å². The highest BCUT2D eigenvalue weighted by Crippen LogP contribution is 2.19. The maximum absolute atomic E-state index is 13.0. The number of nitrogens with one attached hydrogen (secondary N) is 4. The number of guanidine groups is 1. The Balaban J connectivity index is 2.06. The van der Waals surface area contributed by atoms with Crippen molar-refractivity contribution in [1.82, 2.24) is 20.9 Å². The van der Waals surface area contributed by atoms with Crippen LogP contribution in [-0.2, 0) is 30.4 Å². The fraction of sp³-hybridized carbons (Fsp3) is 0.391. The van der Waals surface area contributed by atoms with Crippen molar-refractivity contribution in [3.8, 4) is 0 Å². The maximum atomic E-state index is 13.0. The number of carbonyl (C=O) groups is 5. The van der Waals surface area contributed by atoms with Gasteiger partial charge in [-0.25, -0.2) is 4.79 Å². The van der Waals surface area contributed by atoms with Crippen LogP contribution < -0.4 is 33.2 Å². The molecule has 1 aromatic carbocycles. The van der Waals surface area contributed by atoms with Gasteiger partial charge in [0, 0.05) is 30.1 Å². The second-order valence-corrected chi connectivity index (χ2v) is 8.45. The van der Waals surface area contributed by atoms with Crippen LogP contribution in [0.4, 0.5) is 0 Å². The van der Waals surface area contributed by atoms with E-state index in [0.717, 1.165) is 10.9 Å². The number of hydrogen-bond acceptors (Lipinski definition) is 7. The standard InChI is InChI=1S/C23H32N8O7/c24-14(9-19(33)34)20(35)31-17(8-12-10-28-15-5-2-1-4-13(12)15)21(36)29-11-18(32)30-16(22(37)38)6-3-7-27-23(25)26/h1-2,4-5,10,14,16-17,28H,3,6-9,11,24H2,(H,29,36)(H,30,32)(H,31,35)(H,33,34)(H,37,38)(H4,25,26,27)/t14-,16-,17-/m0/s1. The van der Waals surface area contributed by atoms with Crippen LogP contribution in [-0.4, -0.2) is 82.0 Å². The van der Waals surface area contributed by atoms with Crippen LogP contribution in [0.5, 0.6) is 0 Å². The van der Waals surface area contributed by atoms with Gasteiger partial charge in [-0.2, -0.15) is 0 Å². The van der Waals surface area contributed by atoms with Crippen LogP contribution in [0.25, 0.3) is 10.9 Å². The molecule has 0 aliphatic rings. The zero-order valence-corrected chi connectivity index (χ0v) is 20.5. The SMILES string of the molecule is NC(N)=NCCC[C@H](NC(=O)CNC(=O)[C@H](Cc1c[nH]c2ccccc12)NC(=O)[C@@H](N)CC(=O)O)C(=O)O. The second kappa shape index (κ2) is 14.2. The van der Waals surface area contributed by atoms with Gasteiger partial charge in [0.25, 0.3) is 0 Å². The number of nitrogens with zero attached hydrogens (tertiary/aromatic N) is 1. The highest BCUT2D eigenvalue weighted by Gasteiger charge is 2.27. The van der Waals surface area contributed by atoms with Crippen molar-refractivity contribution in [3.05, 3.63) is 36.0 Å². The number of carboxylic acids is 2. The Kier molecular flexibility index (Phi) is 11.0. The highest BCUT2D eigenvalue weighted by molar-refractivity contribution is 5.94. The van der Waals surface area contributed by atoms with Gasteiger partial charge in [-0.15, -0.1) is 0 Å². The number of aliphatic imine (C=N–C) groups is 1. The predicted molar refractivity (Wildman–Crippen MR) is 137 cm³/mol. The molecule has 15 nitrogen and oxygen atoms in total. The Hall–Kier alpha value is -4.66. The molecule has 0 saturated carbocycles. The zero-order chi connectivity index (χ0) is 28.2. The molecule has 2 rings (SSSR count). The van der Waals surface area contributed by atoms with Gasteiger partial charge in [-0.1, -0.05) is 18.2 Å². The first-order chi connectivity index (χ1) is 18.0. The van der Waals surface area contributed by atoms with Crippen molar-refractivity contribution >= 4 is 46.5 Å². The normalized spacial score (nSPS) is 13.1. The number of rotatable bonds is 15. The molecule has 0 unspecified atom stereocenters. The first-order valence-corrected chi connectivity index (χ1v) is 11.7. The van der Waals surface area contributed by atoms with Crippen molar-refractivity contribution in [2.24, 2.45) is 22.2 Å². The van der Waals surface area contributed by atoms with E-state index < -0.39 is 60.8 Å². The third kappa shape index (κ3) is 9.42. The zero-order valence-electron chi connectivity index (χ0n) is 20.5. The number of para-hydroxylation sites is 1. The smallest absolute Gasteiger partial charge is 0.326 e. The van der Waals surface area contributed by atoms with Crippen LogP contribution >= 0.6 is 0 Å². The number of aliphatic carboxylic acids is 2. The lowest BCUT2D eigenvalue weighted by Gasteiger charge is -2.20. The summed E-state index contributed by atoms with van der Waals surface area (Å²) in [5.74, 6) is -5.07. The molecule has 0 spiro atoms. The first kappa shape index (κ1) is 29.6. The highest BCUT2D eigenvalue weighted by atomic mass is 16.4. The van der Waals surface area contributed by atoms with Gasteiger partial charge in [-0.05, 0) is 24.5 Å². The molecule has 0 saturated heterocycles. The van der Waals surface area contributed by atoms with Crippen molar-refractivity contribution in [2.45, 2.75) is 43.8 Å². The number of hydrogen-bond donors (Lipinski definition) is 9. The van der Waals surface area contributed by atoms with Gasteiger partial charge in [0.15, 0.2) is 5.96 Å². The summed E-state index contributed by atoms with van der Waals surface area (Å²) in [7, 11) is 0. The maximum Gasteiger partial charge on any atom is 0.326 e. The molecule has 0 aliphatic heterocycles. The monoisotopic (exact) mass is 532 g/mol. The molecular weight excluding hydrogens is 500 g/mol. The van der Waals surface area contributed by atoms with E-state index in [2.05, 4.69) is 25.9 Å². The molecule has 15 heteroatoms. The van der Waals surface area contributed by atoms with Gasteiger partial charge < -0.3 is 48.3 Å².